The molecule has 0 atom stereocenters. The molecule has 1 aromatic carbocycles. The van der Waals surface area contributed by atoms with Crippen LogP contribution >= 0.6 is 0 Å². The second kappa shape index (κ2) is 4.06. The van der Waals surface area contributed by atoms with E-state index in [0.29, 0.717) is 16.8 Å². The first-order valence-electron chi connectivity index (χ1n) is 4.86. The summed E-state index contributed by atoms with van der Waals surface area (Å²) in [6.45, 7) is 1.68. The third-order valence-electron chi connectivity index (χ3n) is 2.51. The molecular weight excluding hydrogens is 212 g/mol. The van der Waals surface area contributed by atoms with Crippen LogP contribution in [0.1, 0.15) is 11.3 Å². The summed E-state index contributed by atoms with van der Waals surface area (Å²) in [5, 5.41) is 9.02. The van der Waals surface area contributed by atoms with E-state index in [1.165, 1.54) is 12.1 Å². The fraction of sp³-hybridized carbons (Fsp3) is 0.167. The van der Waals surface area contributed by atoms with Crippen LogP contribution in [0.5, 0.6) is 0 Å². The molecule has 0 aliphatic carbocycles. The van der Waals surface area contributed by atoms with Crippen LogP contribution in [0.4, 0.5) is 8.78 Å². The van der Waals surface area contributed by atoms with Gasteiger partial charge in [0.05, 0.1) is 6.61 Å². The highest BCUT2D eigenvalue weighted by atomic mass is 19.1. The van der Waals surface area contributed by atoms with Crippen molar-refractivity contribution in [3.63, 3.8) is 0 Å². The summed E-state index contributed by atoms with van der Waals surface area (Å²) in [4.78, 5) is 2.95. The van der Waals surface area contributed by atoms with Crippen molar-refractivity contribution < 1.29 is 13.9 Å². The largest absolute Gasteiger partial charge is 0.392 e. The predicted octanol–water partition coefficient (Wildman–Crippen LogP) is 2.76. The van der Waals surface area contributed by atoms with E-state index in [-0.39, 0.29) is 6.61 Å². The standard InChI is InChI=1S/C12H11F2NO/c1-7-8(6-16)4-12(15-7)10-3-2-9(13)5-11(10)14/h2-5,15-16H,6H2,1H3. The molecule has 4 heteroatoms. The summed E-state index contributed by atoms with van der Waals surface area (Å²) < 4.78 is 26.2. The molecule has 1 aromatic heterocycles. The number of aromatic amines is 1. The molecule has 0 unspecified atom stereocenters. The summed E-state index contributed by atoms with van der Waals surface area (Å²) in [5.41, 5.74) is 2.32. The number of rotatable bonds is 2. The van der Waals surface area contributed by atoms with Gasteiger partial charge < -0.3 is 10.1 Å². The highest BCUT2D eigenvalue weighted by molar-refractivity contribution is 5.62. The quantitative estimate of drug-likeness (QED) is 0.806. The summed E-state index contributed by atoms with van der Waals surface area (Å²) in [6.07, 6.45) is 0. The first-order chi connectivity index (χ1) is 7.61. The van der Waals surface area contributed by atoms with Gasteiger partial charge in [-0.1, -0.05) is 0 Å². The first-order valence-corrected chi connectivity index (χ1v) is 4.86. The van der Waals surface area contributed by atoms with Gasteiger partial charge in [-0.3, -0.25) is 0 Å². The second-order valence-electron chi connectivity index (χ2n) is 3.62. The van der Waals surface area contributed by atoms with Gasteiger partial charge in [-0.25, -0.2) is 8.78 Å². The van der Waals surface area contributed by atoms with Crippen LogP contribution in [-0.4, -0.2) is 10.1 Å². The van der Waals surface area contributed by atoms with Crippen molar-refractivity contribution in [3.05, 3.63) is 47.2 Å². The highest BCUT2D eigenvalue weighted by Gasteiger charge is 2.10. The van der Waals surface area contributed by atoms with Gasteiger partial charge in [0.1, 0.15) is 11.6 Å². The molecule has 2 aromatic rings. The van der Waals surface area contributed by atoms with Crippen molar-refractivity contribution >= 4 is 0 Å². The number of aromatic nitrogens is 1. The van der Waals surface area contributed by atoms with Crippen LogP contribution in [0, 0.1) is 18.6 Å². The van der Waals surface area contributed by atoms with Crippen LogP contribution in [0.2, 0.25) is 0 Å². The van der Waals surface area contributed by atoms with E-state index in [0.717, 1.165) is 11.8 Å². The fourth-order valence-corrected chi connectivity index (χ4v) is 1.62. The van der Waals surface area contributed by atoms with Crippen molar-refractivity contribution in [2.24, 2.45) is 0 Å². The van der Waals surface area contributed by atoms with E-state index in [1.807, 2.05) is 0 Å². The molecule has 2 nitrogen and oxygen atoms in total. The minimum absolute atomic E-state index is 0.106. The zero-order valence-corrected chi connectivity index (χ0v) is 8.72. The van der Waals surface area contributed by atoms with E-state index in [2.05, 4.69) is 4.98 Å². The van der Waals surface area contributed by atoms with Crippen molar-refractivity contribution in [2.45, 2.75) is 13.5 Å². The van der Waals surface area contributed by atoms with Gasteiger partial charge in [-0.15, -0.1) is 0 Å². The number of hydrogen-bond acceptors (Lipinski definition) is 1. The smallest absolute Gasteiger partial charge is 0.135 e. The van der Waals surface area contributed by atoms with Gasteiger partial charge >= 0.3 is 0 Å². The molecule has 2 N–H and O–H groups in total. The molecule has 1 heterocycles. The summed E-state index contributed by atoms with van der Waals surface area (Å²) >= 11 is 0. The maximum atomic E-state index is 13.5. The Kier molecular flexibility index (Phi) is 2.75. The highest BCUT2D eigenvalue weighted by Crippen LogP contribution is 2.24. The molecule has 0 fully saturated rings. The zero-order chi connectivity index (χ0) is 11.7. The van der Waals surface area contributed by atoms with Crippen LogP contribution in [0.3, 0.4) is 0 Å². The van der Waals surface area contributed by atoms with Crippen molar-refractivity contribution in [1.29, 1.82) is 0 Å². The molecule has 0 spiro atoms. The van der Waals surface area contributed by atoms with Gasteiger partial charge in [0.15, 0.2) is 0 Å². The molecule has 84 valence electrons. The summed E-state index contributed by atoms with van der Waals surface area (Å²) in [7, 11) is 0. The number of halogens is 2. The topological polar surface area (TPSA) is 36.0 Å². The Morgan fingerprint density at radius 2 is 2.00 bits per heavy atom. The van der Waals surface area contributed by atoms with Gasteiger partial charge in [-0.05, 0) is 30.7 Å². The third-order valence-corrected chi connectivity index (χ3v) is 2.51. The van der Waals surface area contributed by atoms with Crippen LogP contribution in [-0.2, 0) is 6.61 Å². The van der Waals surface area contributed by atoms with E-state index in [1.54, 1.807) is 13.0 Å². The van der Waals surface area contributed by atoms with Crippen LogP contribution in [0.25, 0.3) is 11.3 Å². The van der Waals surface area contributed by atoms with Crippen molar-refractivity contribution in [2.75, 3.05) is 0 Å². The second-order valence-corrected chi connectivity index (χ2v) is 3.62. The van der Waals surface area contributed by atoms with Gasteiger partial charge in [0, 0.05) is 23.0 Å². The molecule has 2 rings (SSSR count). The lowest BCUT2D eigenvalue weighted by Crippen LogP contribution is -1.86. The van der Waals surface area contributed by atoms with Gasteiger partial charge in [0.2, 0.25) is 0 Å². The average molecular weight is 223 g/mol. The third kappa shape index (κ3) is 1.84. The van der Waals surface area contributed by atoms with Gasteiger partial charge in [0.25, 0.3) is 0 Å². The molecular formula is C12H11F2NO. The molecule has 16 heavy (non-hydrogen) atoms. The number of benzene rings is 1. The Morgan fingerprint density at radius 3 is 2.56 bits per heavy atom. The van der Waals surface area contributed by atoms with Gasteiger partial charge in [-0.2, -0.15) is 0 Å². The number of aryl methyl sites for hydroxylation is 1. The minimum Gasteiger partial charge on any atom is -0.392 e. The molecule has 0 amide bonds. The Morgan fingerprint density at radius 1 is 1.25 bits per heavy atom. The molecule has 0 radical (unpaired) electrons. The molecule has 0 aliphatic heterocycles. The number of aliphatic hydroxyl groups is 1. The summed E-state index contributed by atoms with van der Waals surface area (Å²) in [6, 6.07) is 5.07. The Labute approximate surface area is 91.6 Å². The zero-order valence-electron chi connectivity index (χ0n) is 8.72. The van der Waals surface area contributed by atoms with E-state index in [9.17, 15) is 8.78 Å². The maximum absolute atomic E-state index is 13.5. The Bertz CT molecular complexity index is 520. The number of aliphatic hydroxyl groups excluding tert-OH is 1. The lowest BCUT2D eigenvalue weighted by Gasteiger charge is -2.00. The minimum atomic E-state index is -0.620. The number of H-pyrrole nitrogens is 1. The number of nitrogens with one attached hydrogen (secondary N) is 1. The monoisotopic (exact) mass is 223 g/mol. The van der Waals surface area contributed by atoms with E-state index in [4.69, 9.17) is 5.11 Å². The lowest BCUT2D eigenvalue weighted by atomic mass is 10.1. The molecule has 0 bridgehead atoms. The molecule has 0 saturated heterocycles. The predicted molar refractivity (Wildman–Crippen MR) is 56.8 cm³/mol. The van der Waals surface area contributed by atoms with Crippen LogP contribution < -0.4 is 0 Å². The van der Waals surface area contributed by atoms with E-state index < -0.39 is 11.6 Å². The Balaban J connectivity index is 2.50. The Hall–Kier alpha value is -1.68. The SMILES string of the molecule is Cc1[nH]c(-c2ccc(F)cc2F)cc1CO. The number of hydrogen-bond donors (Lipinski definition) is 2. The van der Waals surface area contributed by atoms with Crippen molar-refractivity contribution in [1.82, 2.24) is 4.98 Å². The summed E-state index contributed by atoms with van der Waals surface area (Å²) in [5.74, 6) is -1.22. The molecule has 0 saturated carbocycles. The normalized spacial score (nSPS) is 10.8. The average Bonchev–Trinajstić information content (AvgIpc) is 2.59. The van der Waals surface area contributed by atoms with Crippen molar-refractivity contribution in [3.8, 4) is 11.3 Å². The molecule has 0 aliphatic rings. The first kappa shape index (κ1) is 10.8. The maximum Gasteiger partial charge on any atom is 0.135 e. The van der Waals surface area contributed by atoms with Crippen LogP contribution in [0.15, 0.2) is 24.3 Å². The lowest BCUT2D eigenvalue weighted by molar-refractivity contribution is 0.281. The van der Waals surface area contributed by atoms with E-state index >= 15 is 0 Å². The fourth-order valence-electron chi connectivity index (χ4n) is 1.62.